The molecule has 4 rings (SSSR count). The van der Waals surface area contributed by atoms with Crippen molar-refractivity contribution in [2.45, 2.75) is 19.8 Å². The van der Waals surface area contributed by atoms with Gasteiger partial charge in [-0.3, -0.25) is 9.59 Å². The molecule has 3 aromatic carbocycles. The largest absolute Gasteiger partial charge is 0.497 e. The number of nitrogens with one attached hydrogen (secondary N) is 3. The first-order valence-corrected chi connectivity index (χ1v) is 12.2. The molecule has 6 nitrogen and oxygen atoms in total. The van der Waals surface area contributed by atoms with Crippen LogP contribution in [-0.2, 0) is 9.59 Å². The molecule has 1 aliphatic rings. The molecule has 38 heavy (non-hydrogen) atoms. The van der Waals surface area contributed by atoms with Gasteiger partial charge in [-0.2, -0.15) is 0 Å². The van der Waals surface area contributed by atoms with Crippen LogP contribution in [0.4, 0.5) is 20.2 Å². The number of hydrogen-bond donors (Lipinski definition) is 3. The predicted molar refractivity (Wildman–Crippen MR) is 144 cm³/mol. The summed E-state index contributed by atoms with van der Waals surface area (Å²) in [6.07, 6.45) is 0. The summed E-state index contributed by atoms with van der Waals surface area (Å²) in [5, 5.41) is 8.31. The SMILES string of the molecule is COc1cccc(C2C(C(=O)Nc3ccc(F)c(Cl)c3)=C(C)NC(C)=C2C(=O)Nc2ccc(F)c(Cl)c2)c1. The van der Waals surface area contributed by atoms with Crippen molar-refractivity contribution in [2.24, 2.45) is 0 Å². The summed E-state index contributed by atoms with van der Waals surface area (Å²) in [6, 6.07) is 14.7. The van der Waals surface area contributed by atoms with E-state index in [2.05, 4.69) is 16.0 Å². The number of allylic oxidation sites excluding steroid dienone is 2. The number of carbonyl (C=O) groups is 2. The van der Waals surface area contributed by atoms with E-state index in [0.717, 1.165) is 12.1 Å². The number of anilines is 2. The first-order chi connectivity index (χ1) is 18.1. The van der Waals surface area contributed by atoms with Crippen molar-refractivity contribution in [3.8, 4) is 5.75 Å². The number of halogens is 4. The smallest absolute Gasteiger partial charge is 0.254 e. The number of hydrogen-bond acceptors (Lipinski definition) is 4. The summed E-state index contributed by atoms with van der Waals surface area (Å²) in [5.74, 6) is -2.56. The lowest BCUT2D eigenvalue weighted by Gasteiger charge is -2.31. The molecule has 0 spiro atoms. The molecule has 1 aliphatic heterocycles. The van der Waals surface area contributed by atoms with E-state index in [-0.39, 0.29) is 32.6 Å². The van der Waals surface area contributed by atoms with E-state index in [4.69, 9.17) is 27.9 Å². The van der Waals surface area contributed by atoms with Gasteiger partial charge in [0.05, 0.1) is 17.2 Å². The Hall–Kier alpha value is -3.88. The fourth-order valence-corrected chi connectivity index (χ4v) is 4.66. The second kappa shape index (κ2) is 11.2. The van der Waals surface area contributed by atoms with Crippen LogP contribution in [0.3, 0.4) is 0 Å². The lowest BCUT2D eigenvalue weighted by Crippen LogP contribution is -2.35. The minimum Gasteiger partial charge on any atom is -0.497 e. The van der Waals surface area contributed by atoms with Crippen molar-refractivity contribution >= 4 is 46.4 Å². The summed E-state index contributed by atoms with van der Waals surface area (Å²) >= 11 is 11.8. The molecular formula is C28H23Cl2F2N3O3. The molecule has 0 radical (unpaired) electrons. The van der Waals surface area contributed by atoms with Crippen molar-refractivity contribution in [3.63, 3.8) is 0 Å². The molecule has 10 heteroatoms. The van der Waals surface area contributed by atoms with Crippen LogP contribution in [-0.4, -0.2) is 18.9 Å². The minimum atomic E-state index is -0.821. The number of rotatable bonds is 6. The zero-order valence-electron chi connectivity index (χ0n) is 20.6. The molecule has 0 bridgehead atoms. The molecule has 3 N–H and O–H groups in total. The third-order valence-corrected chi connectivity index (χ3v) is 6.61. The van der Waals surface area contributed by atoms with E-state index in [9.17, 15) is 18.4 Å². The molecule has 0 fully saturated rings. The summed E-state index contributed by atoms with van der Waals surface area (Å²) in [6.45, 7) is 3.44. The Labute approximate surface area is 228 Å². The van der Waals surface area contributed by atoms with Gasteiger partial charge in [-0.25, -0.2) is 8.78 Å². The number of ether oxygens (including phenoxy) is 1. The third kappa shape index (κ3) is 5.66. The Bertz CT molecular complexity index is 1420. The Morgan fingerprint density at radius 3 is 1.76 bits per heavy atom. The van der Waals surface area contributed by atoms with E-state index in [0.29, 0.717) is 22.7 Å². The molecule has 0 aromatic heterocycles. The highest BCUT2D eigenvalue weighted by Crippen LogP contribution is 2.40. The van der Waals surface area contributed by atoms with Crippen LogP contribution in [0.2, 0.25) is 10.0 Å². The molecule has 1 heterocycles. The summed E-state index contributed by atoms with van der Waals surface area (Å²) < 4.78 is 32.7. The van der Waals surface area contributed by atoms with Gasteiger partial charge in [0, 0.05) is 39.8 Å². The van der Waals surface area contributed by atoms with Gasteiger partial charge in [0.25, 0.3) is 11.8 Å². The number of dihydropyridines is 1. The number of amides is 2. The van der Waals surface area contributed by atoms with Crippen LogP contribution in [0.1, 0.15) is 25.3 Å². The highest BCUT2D eigenvalue weighted by Gasteiger charge is 2.37. The van der Waals surface area contributed by atoms with Crippen molar-refractivity contribution < 1.29 is 23.1 Å². The van der Waals surface area contributed by atoms with Gasteiger partial charge < -0.3 is 20.7 Å². The van der Waals surface area contributed by atoms with Gasteiger partial charge in [-0.05, 0) is 67.9 Å². The third-order valence-electron chi connectivity index (χ3n) is 6.03. The molecule has 0 atom stereocenters. The molecule has 196 valence electrons. The maximum Gasteiger partial charge on any atom is 0.254 e. The monoisotopic (exact) mass is 557 g/mol. The van der Waals surface area contributed by atoms with Crippen LogP contribution in [0.5, 0.6) is 5.75 Å². The van der Waals surface area contributed by atoms with Crippen LogP contribution in [0.25, 0.3) is 0 Å². The Morgan fingerprint density at radius 2 is 1.32 bits per heavy atom. The van der Waals surface area contributed by atoms with Crippen LogP contribution in [0.15, 0.2) is 83.2 Å². The van der Waals surface area contributed by atoms with Crippen molar-refractivity contribution in [1.29, 1.82) is 0 Å². The van der Waals surface area contributed by atoms with Crippen LogP contribution in [0, 0.1) is 11.6 Å². The number of carbonyl (C=O) groups excluding carboxylic acids is 2. The van der Waals surface area contributed by atoms with Gasteiger partial charge >= 0.3 is 0 Å². The summed E-state index contributed by atoms with van der Waals surface area (Å²) in [5.41, 5.74) is 2.73. The molecular weight excluding hydrogens is 535 g/mol. The van der Waals surface area contributed by atoms with Gasteiger partial charge in [0.15, 0.2) is 0 Å². The maximum absolute atomic E-state index is 13.7. The standard InChI is InChI=1S/C28H23Cl2F2N3O3/c1-14-24(27(36)34-17-7-9-22(31)20(29)12-17)26(16-5-4-6-19(11-16)38-3)25(15(2)33-14)28(37)35-18-8-10-23(32)21(30)13-18/h4-13,26,33H,1-3H3,(H,34,36)(H,35,37). The van der Waals surface area contributed by atoms with Gasteiger partial charge in [0.1, 0.15) is 17.4 Å². The summed E-state index contributed by atoms with van der Waals surface area (Å²) in [4.78, 5) is 27.3. The van der Waals surface area contributed by atoms with Gasteiger partial charge in [0.2, 0.25) is 0 Å². The lowest BCUT2D eigenvalue weighted by molar-refractivity contribution is -0.113. The van der Waals surface area contributed by atoms with E-state index in [1.165, 1.54) is 31.4 Å². The first-order valence-electron chi connectivity index (χ1n) is 11.4. The van der Waals surface area contributed by atoms with Crippen LogP contribution >= 0.6 is 23.2 Å². The number of methoxy groups -OCH3 is 1. The van der Waals surface area contributed by atoms with Gasteiger partial charge in [-0.1, -0.05) is 35.3 Å². The zero-order chi connectivity index (χ0) is 27.6. The average Bonchev–Trinajstić information content (AvgIpc) is 2.87. The normalized spacial score (nSPS) is 13.8. The summed E-state index contributed by atoms with van der Waals surface area (Å²) in [7, 11) is 1.52. The Kier molecular flexibility index (Phi) is 8.04. The average molecular weight is 558 g/mol. The molecule has 2 amide bonds. The van der Waals surface area contributed by atoms with E-state index in [1.54, 1.807) is 38.1 Å². The second-order valence-corrected chi connectivity index (χ2v) is 9.39. The topological polar surface area (TPSA) is 79.5 Å². The minimum absolute atomic E-state index is 0.145. The predicted octanol–water partition coefficient (Wildman–Crippen LogP) is 6.79. The van der Waals surface area contributed by atoms with Crippen molar-refractivity contribution in [3.05, 3.63) is 110 Å². The van der Waals surface area contributed by atoms with Crippen molar-refractivity contribution in [2.75, 3.05) is 17.7 Å². The zero-order valence-corrected chi connectivity index (χ0v) is 22.1. The fourth-order valence-electron chi connectivity index (χ4n) is 4.30. The lowest BCUT2D eigenvalue weighted by atomic mass is 9.79. The molecule has 0 saturated heterocycles. The van der Waals surface area contributed by atoms with E-state index < -0.39 is 29.4 Å². The van der Waals surface area contributed by atoms with E-state index in [1.807, 2.05) is 0 Å². The van der Waals surface area contributed by atoms with Crippen LogP contribution < -0.4 is 20.7 Å². The number of benzene rings is 3. The molecule has 0 aliphatic carbocycles. The molecule has 0 saturated carbocycles. The quantitative estimate of drug-likeness (QED) is 0.311. The van der Waals surface area contributed by atoms with Gasteiger partial charge in [-0.15, -0.1) is 0 Å². The Morgan fingerprint density at radius 1 is 0.816 bits per heavy atom. The highest BCUT2D eigenvalue weighted by atomic mass is 35.5. The second-order valence-electron chi connectivity index (χ2n) is 8.58. The molecule has 3 aromatic rings. The highest BCUT2D eigenvalue weighted by molar-refractivity contribution is 6.31. The van der Waals surface area contributed by atoms with E-state index >= 15 is 0 Å². The Balaban J connectivity index is 1.77. The molecule has 0 unspecified atom stereocenters. The van der Waals surface area contributed by atoms with Crippen molar-refractivity contribution in [1.82, 2.24) is 5.32 Å². The maximum atomic E-state index is 13.7. The fraction of sp³-hybridized carbons (Fsp3) is 0.143. The first kappa shape index (κ1) is 27.2.